The van der Waals surface area contributed by atoms with Crippen LogP contribution in [0.2, 0.25) is 0 Å². The van der Waals surface area contributed by atoms with Crippen LogP contribution in [0.15, 0.2) is 64.4 Å². The lowest BCUT2D eigenvalue weighted by molar-refractivity contribution is -0.142. The molecule has 0 radical (unpaired) electrons. The Morgan fingerprint density at radius 2 is 2.00 bits per heavy atom. The Hall–Kier alpha value is -3.59. The maximum absolute atomic E-state index is 15.5. The average Bonchev–Trinajstić information content (AvgIpc) is 3.15. The van der Waals surface area contributed by atoms with Crippen LogP contribution in [0.4, 0.5) is 8.78 Å². The van der Waals surface area contributed by atoms with Crippen LogP contribution in [0.25, 0.3) is 11.3 Å². The van der Waals surface area contributed by atoms with Crippen LogP contribution in [-0.4, -0.2) is 68.1 Å². The Morgan fingerprint density at radius 1 is 1.29 bits per heavy atom. The molecular formula is C25H28F2N4O9P+. The molecule has 0 saturated carbocycles. The van der Waals surface area contributed by atoms with Crippen molar-refractivity contribution in [1.82, 2.24) is 19.6 Å². The summed E-state index contributed by atoms with van der Waals surface area (Å²) in [6.07, 6.45) is -2.46. The Morgan fingerprint density at radius 3 is 2.63 bits per heavy atom. The number of esters is 1. The highest BCUT2D eigenvalue weighted by Crippen LogP contribution is 2.54. The number of H-pyrrole nitrogens is 1. The van der Waals surface area contributed by atoms with Gasteiger partial charge in [0.05, 0.1) is 7.11 Å². The summed E-state index contributed by atoms with van der Waals surface area (Å²) >= 11 is 0. The molecule has 16 heteroatoms. The number of alkyl halides is 1. The van der Waals surface area contributed by atoms with E-state index in [2.05, 4.69) is 14.8 Å². The van der Waals surface area contributed by atoms with Crippen molar-refractivity contribution in [2.45, 2.75) is 44.0 Å². The lowest BCUT2D eigenvalue weighted by Crippen LogP contribution is -2.44. The molecule has 1 aromatic carbocycles. The number of methoxy groups -OCH3 is 1. The van der Waals surface area contributed by atoms with Crippen LogP contribution < -0.4 is 20.9 Å². The van der Waals surface area contributed by atoms with Gasteiger partial charge in [0, 0.05) is 24.0 Å². The number of halogens is 2. The van der Waals surface area contributed by atoms with E-state index in [0.29, 0.717) is 5.56 Å². The van der Waals surface area contributed by atoms with Crippen LogP contribution in [0.1, 0.15) is 20.1 Å². The van der Waals surface area contributed by atoms with Gasteiger partial charge in [-0.25, -0.2) is 13.6 Å². The number of aliphatic hydroxyl groups is 1. The Bertz CT molecular complexity index is 1500. The summed E-state index contributed by atoms with van der Waals surface area (Å²) in [4.78, 5) is 52.9. The minimum absolute atomic E-state index is 0.0476. The van der Waals surface area contributed by atoms with Crippen molar-refractivity contribution in [2.75, 3.05) is 13.7 Å². The van der Waals surface area contributed by atoms with Crippen molar-refractivity contribution >= 4 is 14.1 Å². The van der Waals surface area contributed by atoms with Crippen molar-refractivity contribution in [3.63, 3.8) is 0 Å². The lowest BCUT2D eigenvalue weighted by Gasteiger charge is -2.24. The highest BCUT2D eigenvalue weighted by atomic mass is 31.2. The molecule has 6 atom stereocenters. The summed E-state index contributed by atoms with van der Waals surface area (Å²) in [5.41, 5.74) is -3.68. The monoisotopic (exact) mass is 597 g/mol. The number of rotatable bonds is 10. The third-order valence-electron chi connectivity index (χ3n) is 6.26. The number of ether oxygens (including phenoxy) is 2. The quantitative estimate of drug-likeness (QED) is 0.198. The number of pyridine rings is 1. The molecule has 0 amide bonds. The molecule has 0 bridgehead atoms. The van der Waals surface area contributed by atoms with Gasteiger partial charge in [-0.1, -0.05) is 5.09 Å². The number of benzene rings is 1. The molecule has 220 valence electrons. The second kappa shape index (κ2) is 12.1. The number of carbonyl (C=O) groups excluding carboxylic acids is 1. The smallest absolute Gasteiger partial charge is 0.468 e. The minimum Gasteiger partial charge on any atom is -0.468 e. The van der Waals surface area contributed by atoms with Gasteiger partial charge in [0.15, 0.2) is 17.6 Å². The summed E-state index contributed by atoms with van der Waals surface area (Å²) < 4.78 is 51.9. The number of nitrogens with zero attached hydrogens (tertiary/aromatic N) is 2. The number of hydrogen-bond donors (Lipinski definition) is 4. The second-order valence-electron chi connectivity index (χ2n) is 9.28. The molecular weight excluding hydrogens is 569 g/mol. The van der Waals surface area contributed by atoms with Gasteiger partial charge in [-0.05, 0) is 50.2 Å². The zero-order valence-electron chi connectivity index (χ0n) is 22.1. The average molecular weight is 597 g/mol. The Kier molecular flexibility index (Phi) is 8.97. The van der Waals surface area contributed by atoms with E-state index in [9.17, 15) is 28.8 Å². The van der Waals surface area contributed by atoms with Crippen molar-refractivity contribution in [3.05, 3.63) is 81.5 Å². The first-order chi connectivity index (χ1) is 19.3. The number of aliphatic hydroxyl groups excluding tert-OH is 1. The number of nitrogens with one attached hydrogen (secondary N) is 2. The van der Waals surface area contributed by atoms with Crippen LogP contribution in [0, 0.1) is 5.82 Å². The predicted octanol–water partition coefficient (Wildman–Crippen LogP) is 1.64. The van der Waals surface area contributed by atoms with Crippen molar-refractivity contribution < 1.29 is 42.1 Å². The van der Waals surface area contributed by atoms with Crippen LogP contribution >= 0.6 is 8.09 Å². The number of aromatic amines is 1. The standard InChI is InChI=1S/C25H27F2N4O9P/c1-14(22(34)37-3)30-41(36,40-16-8-6-15(7-9-16)20-17(26)5-4-11-28-20)38-13-18-21(33)25(2,27)23(39-18)31-12-10-19(32)29-24(31)35/h4-12,14,18,21,23,30,33,36H,13H2,1-3H3/p+1/t14-,18+,21+,23+,25+,41?/m0/s1. The molecule has 1 aliphatic heterocycles. The molecule has 1 saturated heterocycles. The maximum Gasteiger partial charge on any atom is 0.544 e. The molecule has 3 aromatic rings. The molecule has 41 heavy (non-hydrogen) atoms. The first-order valence-electron chi connectivity index (χ1n) is 12.2. The zero-order chi connectivity index (χ0) is 29.9. The van der Waals surface area contributed by atoms with Gasteiger partial charge in [-0.2, -0.15) is 9.42 Å². The van der Waals surface area contributed by atoms with Gasteiger partial charge < -0.3 is 14.6 Å². The molecule has 4 N–H and O–H groups in total. The summed E-state index contributed by atoms with van der Waals surface area (Å²) in [5, 5.41) is 13.2. The topological polar surface area (TPSA) is 174 Å². The normalized spacial score (nSPS) is 24.4. The minimum atomic E-state index is -4.21. The first-order valence-corrected chi connectivity index (χ1v) is 13.8. The van der Waals surface area contributed by atoms with E-state index in [1.54, 1.807) is 0 Å². The highest BCUT2D eigenvalue weighted by Gasteiger charge is 2.57. The van der Waals surface area contributed by atoms with E-state index in [-0.39, 0.29) is 11.4 Å². The van der Waals surface area contributed by atoms with E-state index in [0.717, 1.165) is 30.9 Å². The first kappa shape index (κ1) is 30.4. The second-order valence-corrected chi connectivity index (χ2v) is 11.0. The summed E-state index contributed by atoms with van der Waals surface area (Å²) in [6.45, 7) is 1.72. The zero-order valence-corrected chi connectivity index (χ0v) is 23.0. The third kappa shape index (κ3) is 6.67. The van der Waals surface area contributed by atoms with E-state index in [4.69, 9.17) is 13.8 Å². The van der Waals surface area contributed by atoms with Crippen LogP contribution in [-0.2, 0) is 18.8 Å². The largest absolute Gasteiger partial charge is 0.544 e. The number of hydrogen-bond acceptors (Lipinski definition) is 11. The van der Waals surface area contributed by atoms with Gasteiger partial charge in [-0.15, -0.1) is 0 Å². The number of carbonyl (C=O) groups is 1. The van der Waals surface area contributed by atoms with Crippen molar-refractivity contribution in [1.29, 1.82) is 0 Å². The van der Waals surface area contributed by atoms with Gasteiger partial charge in [0.25, 0.3) is 5.56 Å². The molecule has 1 aliphatic rings. The summed E-state index contributed by atoms with van der Waals surface area (Å²) in [6, 6.07) is 8.34. The maximum atomic E-state index is 15.5. The molecule has 13 nitrogen and oxygen atoms in total. The number of aromatic nitrogens is 3. The van der Waals surface area contributed by atoms with E-state index in [1.807, 2.05) is 4.98 Å². The van der Waals surface area contributed by atoms with Gasteiger partial charge in [0.1, 0.15) is 36.4 Å². The van der Waals surface area contributed by atoms with E-state index >= 15 is 4.39 Å². The molecule has 0 spiro atoms. The molecule has 2 aromatic heterocycles. The lowest BCUT2D eigenvalue weighted by atomic mass is 9.98. The van der Waals surface area contributed by atoms with E-state index in [1.165, 1.54) is 49.5 Å². The fraction of sp³-hybridized carbons (Fsp3) is 0.360. The Labute approximate surface area is 232 Å². The molecule has 3 heterocycles. The SMILES string of the molecule is COC(=O)[C@H](C)N[P+](O)(OC[C@H]1O[C@@H](n2ccc(=O)[nH]c2=O)[C@](C)(F)[C@@H]1O)Oc1ccc(-c2ncccc2F)cc1. The van der Waals surface area contributed by atoms with Gasteiger partial charge >= 0.3 is 19.8 Å². The Balaban J connectivity index is 1.54. The predicted molar refractivity (Wildman–Crippen MR) is 141 cm³/mol. The molecule has 0 aliphatic carbocycles. The van der Waals surface area contributed by atoms with E-state index < -0.39 is 67.9 Å². The highest BCUT2D eigenvalue weighted by molar-refractivity contribution is 7.58. The van der Waals surface area contributed by atoms with Crippen molar-refractivity contribution in [2.24, 2.45) is 0 Å². The molecule has 4 rings (SSSR count). The van der Waals surface area contributed by atoms with Crippen LogP contribution in [0.3, 0.4) is 0 Å². The fourth-order valence-corrected chi connectivity index (χ4v) is 5.65. The van der Waals surface area contributed by atoms with Gasteiger partial charge in [0.2, 0.25) is 0 Å². The fourth-order valence-electron chi connectivity index (χ4n) is 4.12. The molecule has 1 unspecified atom stereocenters. The van der Waals surface area contributed by atoms with Gasteiger partial charge in [-0.3, -0.25) is 28.6 Å². The molecule has 1 fully saturated rings. The summed E-state index contributed by atoms with van der Waals surface area (Å²) in [7, 11) is -3.07. The van der Waals surface area contributed by atoms with Crippen LogP contribution in [0.5, 0.6) is 5.75 Å². The summed E-state index contributed by atoms with van der Waals surface area (Å²) in [5.74, 6) is -1.26. The third-order valence-corrected chi connectivity index (χ3v) is 7.93. The van der Waals surface area contributed by atoms with Crippen molar-refractivity contribution in [3.8, 4) is 17.0 Å².